The van der Waals surface area contributed by atoms with Crippen LogP contribution in [-0.2, 0) is 0 Å². The molecule has 1 saturated carbocycles. The highest BCUT2D eigenvalue weighted by Crippen LogP contribution is 2.45. The van der Waals surface area contributed by atoms with Gasteiger partial charge in [0.2, 0.25) is 0 Å². The number of rotatable bonds is 5. The van der Waals surface area contributed by atoms with Gasteiger partial charge < -0.3 is 9.80 Å². The Hall–Kier alpha value is -0.930. The SMILES string of the molecule is CC(C)CN1CCN(c2ccc(N3CCCCC3)cc2C2CCC(C)(C)CC2)CC1.Cl. The quantitative estimate of drug-likeness (QED) is 0.505. The van der Waals surface area contributed by atoms with Gasteiger partial charge in [-0.15, -0.1) is 12.4 Å². The average Bonchev–Trinajstić information content (AvgIpc) is 2.74. The van der Waals surface area contributed by atoms with Crippen LogP contribution in [-0.4, -0.2) is 50.7 Å². The highest BCUT2D eigenvalue weighted by molar-refractivity contribution is 5.85. The first-order valence-electron chi connectivity index (χ1n) is 12.8. The van der Waals surface area contributed by atoms with E-state index in [0.717, 1.165) is 11.8 Å². The topological polar surface area (TPSA) is 9.72 Å². The zero-order valence-corrected chi connectivity index (χ0v) is 21.4. The molecule has 3 nitrogen and oxygen atoms in total. The summed E-state index contributed by atoms with van der Waals surface area (Å²) in [5.41, 5.74) is 5.22. The molecule has 0 radical (unpaired) electrons. The number of hydrogen-bond donors (Lipinski definition) is 0. The van der Waals surface area contributed by atoms with E-state index in [1.165, 1.54) is 96.4 Å². The minimum Gasteiger partial charge on any atom is -0.372 e. The predicted molar refractivity (Wildman–Crippen MR) is 138 cm³/mol. The second-order valence-corrected chi connectivity index (χ2v) is 11.4. The molecule has 0 spiro atoms. The fourth-order valence-electron chi connectivity index (χ4n) is 5.90. The zero-order valence-electron chi connectivity index (χ0n) is 20.5. The van der Waals surface area contributed by atoms with Gasteiger partial charge in [0.05, 0.1) is 0 Å². The van der Waals surface area contributed by atoms with Gasteiger partial charge in [0.25, 0.3) is 0 Å². The maximum Gasteiger partial charge on any atom is 0.0404 e. The molecular formula is C27H46ClN3. The Balaban J connectivity index is 0.00000272. The van der Waals surface area contributed by atoms with Gasteiger partial charge in [0, 0.05) is 57.2 Å². The summed E-state index contributed by atoms with van der Waals surface area (Å²) in [7, 11) is 0. The van der Waals surface area contributed by atoms with Crippen LogP contribution < -0.4 is 9.80 Å². The predicted octanol–water partition coefficient (Wildman–Crippen LogP) is 6.56. The van der Waals surface area contributed by atoms with Crippen molar-refractivity contribution in [1.82, 2.24) is 4.90 Å². The van der Waals surface area contributed by atoms with Gasteiger partial charge >= 0.3 is 0 Å². The minimum absolute atomic E-state index is 0. The molecule has 3 aliphatic rings. The molecule has 1 aromatic carbocycles. The molecule has 4 rings (SSSR count). The van der Waals surface area contributed by atoms with Crippen molar-refractivity contribution in [2.45, 2.75) is 78.6 Å². The van der Waals surface area contributed by atoms with Gasteiger partial charge in [0.15, 0.2) is 0 Å². The number of hydrogen-bond acceptors (Lipinski definition) is 3. The van der Waals surface area contributed by atoms with Gasteiger partial charge in [-0.05, 0) is 86.0 Å². The van der Waals surface area contributed by atoms with Crippen molar-refractivity contribution in [3.8, 4) is 0 Å². The lowest BCUT2D eigenvalue weighted by Crippen LogP contribution is -2.47. The lowest BCUT2D eigenvalue weighted by atomic mass is 9.71. The van der Waals surface area contributed by atoms with Crippen LogP contribution in [0.15, 0.2) is 18.2 Å². The summed E-state index contributed by atoms with van der Waals surface area (Å²) in [6.07, 6.45) is 9.56. The zero-order chi connectivity index (χ0) is 21.1. The van der Waals surface area contributed by atoms with Crippen molar-refractivity contribution in [2.75, 3.05) is 55.6 Å². The molecule has 2 heterocycles. The highest BCUT2D eigenvalue weighted by atomic mass is 35.5. The fraction of sp³-hybridized carbons (Fsp3) is 0.778. The molecule has 2 saturated heterocycles. The average molecular weight is 448 g/mol. The van der Waals surface area contributed by atoms with Crippen LogP contribution in [0.3, 0.4) is 0 Å². The fourth-order valence-corrected chi connectivity index (χ4v) is 5.90. The molecule has 0 N–H and O–H groups in total. The third-order valence-electron chi connectivity index (χ3n) is 7.85. The standard InChI is InChI=1S/C27H45N3.ClH/c1-22(2)21-28-16-18-30(19-17-28)26-9-8-24(29-14-6-5-7-15-29)20-25(26)23-10-12-27(3,4)13-11-23;/h8-9,20,22-23H,5-7,10-19,21H2,1-4H3;1H. The van der Waals surface area contributed by atoms with E-state index < -0.39 is 0 Å². The number of anilines is 2. The molecule has 1 aromatic rings. The summed E-state index contributed by atoms with van der Waals surface area (Å²) in [5.74, 6) is 1.51. The van der Waals surface area contributed by atoms with Crippen LogP contribution in [0, 0.1) is 11.3 Å². The summed E-state index contributed by atoms with van der Waals surface area (Å²) in [5, 5.41) is 0. The summed E-state index contributed by atoms with van der Waals surface area (Å²) in [6.45, 7) is 18.1. The van der Waals surface area contributed by atoms with Crippen molar-refractivity contribution in [2.24, 2.45) is 11.3 Å². The third-order valence-corrected chi connectivity index (χ3v) is 7.85. The Morgan fingerprint density at radius 1 is 0.871 bits per heavy atom. The van der Waals surface area contributed by atoms with E-state index >= 15 is 0 Å². The summed E-state index contributed by atoms with van der Waals surface area (Å²) in [6, 6.07) is 7.51. The molecule has 176 valence electrons. The largest absolute Gasteiger partial charge is 0.372 e. The van der Waals surface area contributed by atoms with E-state index in [4.69, 9.17) is 0 Å². The Bertz CT molecular complexity index is 678. The number of piperazine rings is 1. The summed E-state index contributed by atoms with van der Waals surface area (Å²) < 4.78 is 0. The first-order chi connectivity index (χ1) is 14.4. The molecule has 1 aliphatic carbocycles. The Labute approximate surface area is 198 Å². The minimum atomic E-state index is 0. The van der Waals surface area contributed by atoms with Crippen molar-refractivity contribution in [3.63, 3.8) is 0 Å². The van der Waals surface area contributed by atoms with Crippen LogP contribution in [0.25, 0.3) is 0 Å². The molecule has 0 bridgehead atoms. The van der Waals surface area contributed by atoms with E-state index in [9.17, 15) is 0 Å². The van der Waals surface area contributed by atoms with Gasteiger partial charge in [-0.3, -0.25) is 4.90 Å². The van der Waals surface area contributed by atoms with E-state index in [-0.39, 0.29) is 12.4 Å². The molecule has 31 heavy (non-hydrogen) atoms. The van der Waals surface area contributed by atoms with Gasteiger partial charge in [-0.1, -0.05) is 27.7 Å². The van der Waals surface area contributed by atoms with Crippen molar-refractivity contribution >= 4 is 23.8 Å². The summed E-state index contributed by atoms with van der Waals surface area (Å²) in [4.78, 5) is 8.00. The third kappa shape index (κ3) is 6.32. The van der Waals surface area contributed by atoms with Gasteiger partial charge in [-0.25, -0.2) is 0 Å². The van der Waals surface area contributed by atoms with Crippen LogP contribution in [0.1, 0.15) is 84.1 Å². The van der Waals surface area contributed by atoms with Crippen LogP contribution >= 0.6 is 12.4 Å². The lowest BCUT2D eigenvalue weighted by molar-refractivity contribution is 0.222. The first kappa shape index (κ1) is 24.7. The first-order valence-corrected chi connectivity index (χ1v) is 12.8. The number of piperidine rings is 1. The molecular weight excluding hydrogens is 402 g/mol. The van der Waals surface area contributed by atoms with E-state index in [1.807, 2.05) is 0 Å². The van der Waals surface area contributed by atoms with Crippen LogP contribution in [0.2, 0.25) is 0 Å². The van der Waals surface area contributed by atoms with E-state index in [2.05, 4.69) is 60.6 Å². The van der Waals surface area contributed by atoms with E-state index in [0.29, 0.717) is 5.41 Å². The second-order valence-electron chi connectivity index (χ2n) is 11.4. The molecule has 3 fully saturated rings. The molecule has 2 aliphatic heterocycles. The Morgan fingerprint density at radius 2 is 1.52 bits per heavy atom. The normalized spacial score (nSPS) is 23.1. The highest BCUT2D eigenvalue weighted by Gasteiger charge is 2.30. The van der Waals surface area contributed by atoms with E-state index in [1.54, 1.807) is 11.3 Å². The molecule has 0 atom stereocenters. The lowest BCUT2D eigenvalue weighted by Gasteiger charge is -2.41. The van der Waals surface area contributed by atoms with Crippen LogP contribution in [0.5, 0.6) is 0 Å². The molecule has 0 amide bonds. The molecule has 4 heteroatoms. The maximum absolute atomic E-state index is 2.70. The van der Waals surface area contributed by atoms with Gasteiger partial charge in [0.1, 0.15) is 0 Å². The van der Waals surface area contributed by atoms with Gasteiger partial charge in [-0.2, -0.15) is 0 Å². The second kappa shape index (κ2) is 10.8. The Kier molecular flexibility index (Phi) is 8.60. The summed E-state index contributed by atoms with van der Waals surface area (Å²) >= 11 is 0. The molecule has 0 unspecified atom stereocenters. The monoisotopic (exact) mass is 447 g/mol. The van der Waals surface area contributed by atoms with Crippen LogP contribution in [0.4, 0.5) is 11.4 Å². The van der Waals surface area contributed by atoms with Crippen molar-refractivity contribution in [1.29, 1.82) is 0 Å². The number of nitrogens with zero attached hydrogens (tertiary/aromatic N) is 3. The smallest absolute Gasteiger partial charge is 0.0404 e. The number of halogens is 1. The Morgan fingerprint density at radius 3 is 2.13 bits per heavy atom. The van der Waals surface area contributed by atoms with Crippen molar-refractivity contribution < 1.29 is 0 Å². The number of benzene rings is 1. The molecule has 0 aromatic heterocycles. The van der Waals surface area contributed by atoms with Crippen molar-refractivity contribution in [3.05, 3.63) is 23.8 Å². The maximum atomic E-state index is 2.70.